The number of hydrogen-bond acceptors (Lipinski definition) is 4. The maximum Gasteiger partial charge on any atom is 0.335 e. The molecule has 2 aromatic carbocycles. The van der Waals surface area contributed by atoms with Gasteiger partial charge in [-0.2, -0.15) is 0 Å². The molecule has 0 bridgehead atoms. The summed E-state index contributed by atoms with van der Waals surface area (Å²) in [6, 6.07) is 10.2. The summed E-state index contributed by atoms with van der Waals surface area (Å²) >= 11 is 0. The lowest BCUT2D eigenvalue weighted by Crippen LogP contribution is -2.08. The van der Waals surface area contributed by atoms with Crippen LogP contribution in [0.25, 0.3) is 11.6 Å². The van der Waals surface area contributed by atoms with Crippen LogP contribution in [0.15, 0.2) is 41.3 Å². The number of sulfone groups is 1. The maximum atomic E-state index is 12.6. The zero-order valence-electron chi connectivity index (χ0n) is 16.2. The highest BCUT2D eigenvalue weighted by Crippen LogP contribution is 2.39. The van der Waals surface area contributed by atoms with Gasteiger partial charge >= 0.3 is 5.97 Å². The summed E-state index contributed by atoms with van der Waals surface area (Å²) in [5, 5.41) is 9.03. The van der Waals surface area contributed by atoms with Crippen LogP contribution in [0.5, 0.6) is 5.75 Å². The Morgan fingerprint density at radius 2 is 1.89 bits per heavy atom. The molecule has 1 heterocycles. The van der Waals surface area contributed by atoms with Gasteiger partial charge in [-0.1, -0.05) is 25.1 Å². The van der Waals surface area contributed by atoms with Crippen LogP contribution in [-0.4, -0.2) is 32.4 Å². The molecule has 0 aromatic heterocycles. The van der Waals surface area contributed by atoms with Crippen molar-refractivity contribution >= 4 is 27.5 Å². The molecule has 0 amide bonds. The van der Waals surface area contributed by atoms with Gasteiger partial charge in [0.25, 0.3) is 0 Å². The van der Waals surface area contributed by atoms with Crippen LogP contribution in [0.1, 0.15) is 59.7 Å². The molecule has 3 rings (SSSR count). The first-order chi connectivity index (χ1) is 13.2. The standard InChI is InChI=1S/C22H24O5S/c1-14-5-4-10-28(25,26)21-13-20(27-3)18(12-19(14)21)15(2)11-16-6-8-17(9-7-16)22(23)24/h6-9,11-14H,4-5,10H2,1-3H3,(H,23,24)/b15-11+. The number of carboxylic acid groups (broad SMARTS) is 1. The van der Waals surface area contributed by atoms with E-state index >= 15 is 0 Å². The molecular weight excluding hydrogens is 376 g/mol. The Morgan fingerprint density at radius 3 is 2.50 bits per heavy atom. The molecule has 0 radical (unpaired) electrons. The second-order valence-electron chi connectivity index (χ2n) is 7.21. The average molecular weight is 400 g/mol. The molecule has 1 unspecified atom stereocenters. The van der Waals surface area contributed by atoms with E-state index in [4.69, 9.17) is 9.84 Å². The minimum atomic E-state index is -3.31. The van der Waals surface area contributed by atoms with Gasteiger partial charge in [-0.15, -0.1) is 0 Å². The predicted octanol–water partition coefficient (Wildman–Crippen LogP) is 4.62. The van der Waals surface area contributed by atoms with Gasteiger partial charge in [0, 0.05) is 5.56 Å². The first kappa shape index (κ1) is 20.1. The number of benzene rings is 2. The fraction of sp³-hybridized carbons (Fsp3) is 0.318. The number of rotatable bonds is 4. The van der Waals surface area contributed by atoms with Gasteiger partial charge in [0.1, 0.15) is 5.75 Å². The Morgan fingerprint density at radius 1 is 1.21 bits per heavy atom. The van der Waals surface area contributed by atoms with E-state index in [-0.39, 0.29) is 17.2 Å². The Hall–Kier alpha value is -2.60. The van der Waals surface area contributed by atoms with Crippen LogP contribution < -0.4 is 4.74 Å². The number of hydrogen-bond donors (Lipinski definition) is 1. The van der Waals surface area contributed by atoms with E-state index in [2.05, 4.69) is 6.92 Å². The summed E-state index contributed by atoms with van der Waals surface area (Å²) in [7, 11) is -1.78. The molecule has 28 heavy (non-hydrogen) atoms. The Balaban J connectivity index is 2.09. The van der Waals surface area contributed by atoms with Gasteiger partial charge in [0.2, 0.25) is 0 Å². The summed E-state index contributed by atoms with van der Waals surface area (Å²) in [4.78, 5) is 11.4. The SMILES string of the molecule is COc1cc2c(cc1/C(C)=C/c1ccc(C(=O)O)cc1)C(C)CCCS2(=O)=O. The molecule has 0 saturated carbocycles. The van der Waals surface area contributed by atoms with Gasteiger partial charge in [-0.25, -0.2) is 13.2 Å². The van der Waals surface area contributed by atoms with Crippen LogP contribution >= 0.6 is 0 Å². The molecule has 0 aliphatic carbocycles. The highest BCUT2D eigenvalue weighted by atomic mass is 32.2. The van der Waals surface area contributed by atoms with Crippen molar-refractivity contribution in [1.29, 1.82) is 0 Å². The number of allylic oxidation sites excluding steroid dienone is 1. The zero-order valence-corrected chi connectivity index (χ0v) is 17.0. The summed E-state index contributed by atoms with van der Waals surface area (Å²) in [6.45, 7) is 3.99. The van der Waals surface area contributed by atoms with Gasteiger partial charge < -0.3 is 9.84 Å². The summed E-state index contributed by atoms with van der Waals surface area (Å²) in [5.41, 5.74) is 3.68. The molecule has 1 N–H and O–H groups in total. The Kier molecular flexibility index (Phi) is 5.61. The molecule has 148 valence electrons. The van der Waals surface area contributed by atoms with Gasteiger partial charge in [-0.05, 0) is 66.6 Å². The van der Waals surface area contributed by atoms with E-state index in [0.29, 0.717) is 17.1 Å². The van der Waals surface area contributed by atoms with Crippen LogP contribution in [0, 0.1) is 0 Å². The quantitative estimate of drug-likeness (QED) is 0.757. The molecule has 6 heteroatoms. The fourth-order valence-corrected chi connectivity index (χ4v) is 5.28. The third-order valence-corrected chi connectivity index (χ3v) is 7.06. The van der Waals surface area contributed by atoms with Crippen LogP contribution in [0.4, 0.5) is 0 Å². The predicted molar refractivity (Wildman–Crippen MR) is 110 cm³/mol. The summed E-state index contributed by atoms with van der Waals surface area (Å²) < 4.78 is 30.8. The normalized spacial score (nSPS) is 18.8. The highest BCUT2D eigenvalue weighted by Gasteiger charge is 2.27. The lowest BCUT2D eigenvalue weighted by molar-refractivity contribution is 0.0697. The molecule has 1 atom stereocenters. The highest BCUT2D eigenvalue weighted by molar-refractivity contribution is 7.91. The van der Waals surface area contributed by atoms with Crippen molar-refractivity contribution in [3.63, 3.8) is 0 Å². The molecule has 1 aliphatic heterocycles. The smallest absolute Gasteiger partial charge is 0.335 e. The van der Waals surface area contributed by atoms with E-state index in [1.807, 2.05) is 19.1 Å². The number of methoxy groups -OCH3 is 1. The molecule has 5 nitrogen and oxygen atoms in total. The van der Waals surface area contributed by atoms with E-state index in [9.17, 15) is 13.2 Å². The molecule has 0 spiro atoms. The largest absolute Gasteiger partial charge is 0.496 e. The average Bonchev–Trinajstić information content (AvgIpc) is 2.77. The van der Waals surface area contributed by atoms with Gasteiger partial charge in [0.05, 0.1) is 23.3 Å². The van der Waals surface area contributed by atoms with Crippen LogP contribution in [0.3, 0.4) is 0 Å². The number of carbonyl (C=O) groups is 1. The van der Waals surface area contributed by atoms with E-state index in [1.165, 1.54) is 7.11 Å². The van der Waals surface area contributed by atoms with Crippen LogP contribution in [-0.2, 0) is 9.84 Å². The van der Waals surface area contributed by atoms with Crippen molar-refractivity contribution in [2.75, 3.05) is 12.9 Å². The minimum absolute atomic E-state index is 0.152. The zero-order chi connectivity index (χ0) is 20.5. The first-order valence-electron chi connectivity index (χ1n) is 9.19. The van der Waals surface area contributed by atoms with E-state index in [1.54, 1.807) is 30.3 Å². The lowest BCUT2D eigenvalue weighted by Gasteiger charge is -2.17. The first-order valence-corrected chi connectivity index (χ1v) is 10.8. The minimum Gasteiger partial charge on any atom is -0.496 e. The number of fused-ring (bicyclic) bond motifs is 1. The van der Waals surface area contributed by atoms with Gasteiger partial charge in [-0.3, -0.25) is 0 Å². The van der Waals surface area contributed by atoms with E-state index in [0.717, 1.165) is 28.7 Å². The number of ether oxygens (including phenoxy) is 1. The van der Waals surface area contributed by atoms with Crippen molar-refractivity contribution in [3.8, 4) is 5.75 Å². The van der Waals surface area contributed by atoms with Crippen molar-refractivity contribution < 1.29 is 23.1 Å². The molecule has 2 aromatic rings. The second kappa shape index (κ2) is 7.80. The van der Waals surface area contributed by atoms with Gasteiger partial charge in [0.15, 0.2) is 9.84 Å². The van der Waals surface area contributed by atoms with E-state index < -0.39 is 15.8 Å². The summed E-state index contributed by atoms with van der Waals surface area (Å²) in [6.07, 6.45) is 3.42. The molecule has 0 fully saturated rings. The van der Waals surface area contributed by atoms with Crippen molar-refractivity contribution in [2.45, 2.75) is 37.5 Å². The monoisotopic (exact) mass is 400 g/mol. The topological polar surface area (TPSA) is 80.7 Å². The second-order valence-corrected chi connectivity index (χ2v) is 9.28. The summed E-state index contributed by atoms with van der Waals surface area (Å²) in [5.74, 6) is -0.126. The third-order valence-electron chi connectivity index (χ3n) is 5.21. The fourth-order valence-electron chi connectivity index (χ4n) is 3.60. The maximum absolute atomic E-state index is 12.6. The molecular formula is C22H24O5S. The van der Waals surface area contributed by atoms with Crippen molar-refractivity contribution in [3.05, 3.63) is 58.7 Å². The van der Waals surface area contributed by atoms with Crippen molar-refractivity contribution in [2.24, 2.45) is 0 Å². The number of carboxylic acids is 1. The van der Waals surface area contributed by atoms with Crippen LogP contribution in [0.2, 0.25) is 0 Å². The molecule has 0 saturated heterocycles. The third kappa shape index (κ3) is 3.97. The Labute approximate surface area is 165 Å². The molecule has 1 aliphatic rings. The Bertz CT molecular complexity index is 1030. The lowest BCUT2D eigenvalue weighted by atomic mass is 9.92. The van der Waals surface area contributed by atoms with Crippen molar-refractivity contribution in [1.82, 2.24) is 0 Å². The number of aromatic carboxylic acids is 1.